The first kappa shape index (κ1) is 37.9. The lowest BCUT2D eigenvalue weighted by Gasteiger charge is -2.24. The number of benzene rings is 2. The maximum absolute atomic E-state index is 12.3. The molecule has 0 spiro atoms. The zero-order valence-electron chi connectivity index (χ0n) is 26.0. The molecule has 4 aliphatic rings. The lowest BCUT2D eigenvalue weighted by molar-refractivity contribution is -0.0431. The minimum atomic E-state index is -4.66. The van der Waals surface area contributed by atoms with Crippen LogP contribution in [0.4, 0.5) is 0 Å². The summed E-state index contributed by atoms with van der Waals surface area (Å²) in [5, 5.41) is 19.0. The average Bonchev–Trinajstić information content (AvgIpc) is 3.70. The van der Waals surface area contributed by atoms with E-state index in [0.29, 0.717) is 22.3 Å². The van der Waals surface area contributed by atoms with Gasteiger partial charge in [-0.15, -0.1) is 0 Å². The first-order chi connectivity index (χ1) is 23.2. The highest BCUT2D eigenvalue weighted by Crippen LogP contribution is 2.50. The third kappa shape index (κ3) is 9.52. The molecule has 2 aromatic carbocycles. The van der Waals surface area contributed by atoms with Crippen LogP contribution in [0.2, 0.25) is 0 Å². The molecule has 3 fully saturated rings. The third-order valence-corrected chi connectivity index (χ3v) is 10.1. The van der Waals surface area contributed by atoms with E-state index in [2.05, 4.69) is 0 Å². The zero-order valence-corrected chi connectivity index (χ0v) is 27.8. The number of carbonyl (C=O) groups is 2. The highest BCUT2D eigenvalue weighted by atomic mass is 31.2. The third-order valence-electron chi connectivity index (χ3n) is 8.06. The van der Waals surface area contributed by atoms with Crippen molar-refractivity contribution in [3.05, 3.63) is 70.8 Å². The smallest absolute Gasteiger partial charge is 0.394 e. The van der Waals surface area contributed by atoms with Crippen molar-refractivity contribution >= 4 is 27.2 Å². The van der Waals surface area contributed by atoms with E-state index in [-0.39, 0.29) is 30.8 Å². The molecule has 6 rings (SSSR count). The SMILES string of the molecule is NC1CC(O)C(COP(=O)(O)OC2CC(N)OC2COP(=O)(O)OC2CC(N)OC2CO)O1.O=C1c2ccccc2C(=O)c2ccccc21. The number of fused-ring (bicyclic) bond motifs is 2. The molecule has 2 aromatic rings. The predicted molar refractivity (Wildman–Crippen MR) is 167 cm³/mol. The summed E-state index contributed by atoms with van der Waals surface area (Å²) in [7, 11) is -9.31. The van der Waals surface area contributed by atoms with E-state index in [1.165, 1.54) is 0 Å². The molecule has 0 bridgehead atoms. The van der Waals surface area contributed by atoms with Crippen molar-refractivity contribution in [3.63, 3.8) is 0 Å². The second-order valence-electron chi connectivity index (χ2n) is 11.7. The highest BCUT2D eigenvalue weighted by Gasteiger charge is 2.44. The van der Waals surface area contributed by atoms with Crippen LogP contribution in [0.5, 0.6) is 0 Å². The topological polar surface area (TPSA) is 292 Å². The monoisotopic (exact) mass is 731 g/mol. The predicted octanol–water partition coefficient (Wildman–Crippen LogP) is 0.0271. The van der Waals surface area contributed by atoms with Crippen LogP contribution in [0.25, 0.3) is 0 Å². The Balaban J connectivity index is 0.000000241. The van der Waals surface area contributed by atoms with Crippen LogP contribution in [0.15, 0.2) is 48.5 Å². The van der Waals surface area contributed by atoms with E-state index in [1.807, 2.05) is 0 Å². The molecule has 0 saturated carbocycles. The van der Waals surface area contributed by atoms with Gasteiger partial charge < -0.3 is 51.4 Å². The average molecular weight is 732 g/mol. The number of aliphatic hydroxyl groups excluding tert-OH is 2. The van der Waals surface area contributed by atoms with Crippen LogP contribution in [0.1, 0.15) is 51.1 Å². The number of rotatable bonds is 11. The van der Waals surface area contributed by atoms with Gasteiger partial charge >= 0.3 is 15.6 Å². The van der Waals surface area contributed by atoms with E-state index in [9.17, 15) is 38.7 Å². The van der Waals surface area contributed by atoms with Crippen LogP contribution >= 0.6 is 15.6 Å². The van der Waals surface area contributed by atoms with Crippen LogP contribution < -0.4 is 17.2 Å². The van der Waals surface area contributed by atoms with Crippen molar-refractivity contribution in [1.82, 2.24) is 0 Å². The van der Waals surface area contributed by atoms with Gasteiger partial charge in [-0.05, 0) is 0 Å². The van der Waals surface area contributed by atoms with Crippen molar-refractivity contribution < 1.29 is 71.0 Å². The van der Waals surface area contributed by atoms with Gasteiger partial charge in [0, 0.05) is 41.5 Å². The number of ether oxygens (including phenoxy) is 3. The van der Waals surface area contributed by atoms with Gasteiger partial charge in [0.05, 0.1) is 25.9 Å². The summed E-state index contributed by atoms with van der Waals surface area (Å²) in [6.07, 6.45) is -8.20. The largest absolute Gasteiger partial charge is 0.472 e. The molecule has 3 saturated heterocycles. The number of aliphatic hydroxyl groups is 2. The van der Waals surface area contributed by atoms with Gasteiger partial charge in [-0.3, -0.25) is 27.7 Å². The highest BCUT2D eigenvalue weighted by molar-refractivity contribution is 7.47. The Morgan fingerprint density at radius 3 is 1.43 bits per heavy atom. The Morgan fingerprint density at radius 1 is 0.653 bits per heavy atom. The zero-order chi connectivity index (χ0) is 35.5. The van der Waals surface area contributed by atoms with Gasteiger partial charge in [0.25, 0.3) is 0 Å². The Labute approximate surface area is 280 Å². The first-order valence-electron chi connectivity index (χ1n) is 15.3. The second-order valence-corrected chi connectivity index (χ2v) is 14.5. The van der Waals surface area contributed by atoms with Gasteiger partial charge in [0.2, 0.25) is 0 Å². The fraction of sp³-hybridized carbons (Fsp3) is 0.517. The summed E-state index contributed by atoms with van der Waals surface area (Å²) in [6.45, 7) is -1.51. The summed E-state index contributed by atoms with van der Waals surface area (Å²) < 4.78 is 60.2. The van der Waals surface area contributed by atoms with Crippen molar-refractivity contribution in [2.45, 2.75) is 74.6 Å². The lowest BCUT2D eigenvalue weighted by atomic mass is 9.84. The Bertz CT molecular complexity index is 1490. The minimum Gasteiger partial charge on any atom is -0.394 e. The molecule has 1 aliphatic carbocycles. The summed E-state index contributed by atoms with van der Waals surface area (Å²) >= 11 is 0. The van der Waals surface area contributed by atoms with Crippen molar-refractivity contribution in [2.24, 2.45) is 17.2 Å². The minimum absolute atomic E-state index is 0.0378. The number of carbonyl (C=O) groups excluding carboxylic acids is 2. The number of hydrogen-bond donors (Lipinski definition) is 7. The van der Waals surface area contributed by atoms with Crippen LogP contribution in [0.3, 0.4) is 0 Å². The molecule has 18 nitrogen and oxygen atoms in total. The molecule has 0 aromatic heterocycles. The van der Waals surface area contributed by atoms with E-state index in [1.54, 1.807) is 48.5 Å². The van der Waals surface area contributed by atoms with Crippen molar-refractivity contribution in [1.29, 1.82) is 0 Å². The Kier molecular flexibility index (Phi) is 12.3. The molecule has 20 heteroatoms. The molecule has 11 atom stereocenters. The van der Waals surface area contributed by atoms with Gasteiger partial charge in [0.1, 0.15) is 49.2 Å². The van der Waals surface area contributed by atoms with Crippen LogP contribution in [-0.4, -0.2) is 107 Å². The molecule has 10 N–H and O–H groups in total. The van der Waals surface area contributed by atoms with Crippen molar-refractivity contribution in [3.8, 4) is 0 Å². The van der Waals surface area contributed by atoms with Crippen molar-refractivity contribution in [2.75, 3.05) is 19.8 Å². The fourth-order valence-electron chi connectivity index (χ4n) is 5.72. The summed E-state index contributed by atoms with van der Waals surface area (Å²) in [6, 6.07) is 13.9. The number of phosphoric acid groups is 2. The van der Waals surface area contributed by atoms with Gasteiger partial charge in [-0.1, -0.05) is 48.5 Å². The molecule has 0 radical (unpaired) electrons. The van der Waals surface area contributed by atoms with Gasteiger partial charge in [0.15, 0.2) is 11.6 Å². The summed E-state index contributed by atoms with van der Waals surface area (Å²) in [4.78, 5) is 44.2. The van der Waals surface area contributed by atoms with Crippen LogP contribution in [-0.2, 0) is 41.4 Å². The fourth-order valence-corrected chi connectivity index (χ4v) is 7.64. The normalized spacial score (nSPS) is 33.2. The van der Waals surface area contributed by atoms with Gasteiger partial charge in [-0.25, -0.2) is 9.13 Å². The Hall–Kier alpha value is -2.32. The molecular weight excluding hydrogens is 692 g/mol. The van der Waals surface area contributed by atoms with E-state index >= 15 is 0 Å². The molecule has 0 amide bonds. The number of phosphoric ester groups is 2. The number of nitrogens with two attached hydrogens (primary N) is 3. The molecule has 49 heavy (non-hydrogen) atoms. The molecular formula is C29H39N3O15P2. The van der Waals surface area contributed by atoms with E-state index < -0.39 is 90.8 Å². The number of ketones is 2. The molecule has 3 aliphatic heterocycles. The van der Waals surface area contributed by atoms with Crippen LogP contribution in [0, 0.1) is 0 Å². The van der Waals surface area contributed by atoms with Gasteiger partial charge in [-0.2, -0.15) is 0 Å². The maximum atomic E-state index is 12.3. The first-order valence-corrected chi connectivity index (χ1v) is 18.3. The second kappa shape index (κ2) is 15.9. The van der Waals surface area contributed by atoms with E-state index in [4.69, 9.17) is 49.5 Å². The summed E-state index contributed by atoms with van der Waals surface area (Å²) in [5.41, 5.74) is 18.9. The standard InChI is InChI=1S/C15H31N3O13P2.C14H8O2/c16-13-1-7(20)11(28-13)5-25-32(21,22)31-9-3-15(18)29-12(9)6-26-33(23,24)30-8-2-14(17)27-10(8)4-19;15-13-9-5-1-2-6-10(9)14(16)12-8-4-3-7-11(12)13/h7-15,19-20H,1-6,16-18H2,(H,21,22)(H,23,24);1-8H. The van der Waals surface area contributed by atoms with E-state index in [0.717, 1.165) is 0 Å². The quantitative estimate of drug-likeness (QED) is 0.128. The summed E-state index contributed by atoms with van der Waals surface area (Å²) in [5.74, 6) is -0.128. The molecule has 3 heterocycles. The molecule has 11 unspecified atom stereocenters. The number of hydrogen-bond acceptors (Lipinski definition) is 16. The molecule has 270 valence electrons. The lowest BCUT2D eigenvalue weighted by Crippen LogP contribution is -2.31. The Morgan fingerprint density at radius 2 is 1.02 bits per heavy atom. The maximum Gasteiger partial charge on any atom is 0.472 e.